The molecule has 4 nitrogen and oxygen atoms in total. The molecule has 1 aliphatic heterocycles. The van der Waals surface area contributed by atoms with Crippen molar-refractivity contribution >= 4 is 35.9 Å². The lowest BCUT2D eigenvalue weighted by molar-refractivity contribution is -0.129. The highest BCUT2D eigenvalue weighted by Crippen LogP contribution is 2.34. The number of thiol groups is 1. The molecule has 0 saturated carbocycles. The number of carbonyl (C=O) groups excluding carboxylic acids is 1. The fourth-order valence-electron chi connectivity index (χ4n) is 2.60. The quantitative estimate of drug-likeness (QED) is 0.670. The lowest BCUT2D eigenvalue weighted by atomic mass is 9.94. The summed E-state index contributed by atoms with van der Waals surface area (Å²) in [7, 11) is 0. The number of nitriles is 1. The van der Waals surface area contributed by atoms with Gasteiger partial charge in [0, 0.05) is 11.2 Å². The van der Waals surface area contributed by atoms with E-state index in [1.807, 2.05) is 32.9 Å². The molecule has 1 amide bonds. The van der Waals surface area contributed by atoms with Crippen LogP contribution in [0, 0.1) is 17.2 Å². The SMILES string of the molecule is CC(C)[C@H]1COC(=S)N1C(=O)C[C@](C)(S)c1ccc(C#N)cc1. The van der Waals surface area contributed by atoms with Gasteiger partial charge in [-0.1, -0.05) is 26.0 Å². The molecule has 1 saturated heterocycles. The van der Waals surface area contributed by atoms with Crippen molar-refractivity contribution in [2.24, 2.45) is 5.92 Å². The summed E-state index contributed by atoms with van der Waals surface area (Å²) in [5.74, 6) is 0.175. The van der Waals surface area contributed by atoms with E-state index < -0.39 is 4.75 Å². The topological polar surface area (TPSA) is 53.3 Å². The van der Waals surface area contributed by atoms with Crippen molar-refractivity contribution in [1.29, 1.82) is 5.26 Å². The predicted octanol–water partition coefficient (Wildman–Crippen LogP) is 3.26. The Hall–Kier alpha value is -1.58. The van der Waals surface area contributed by atoms with E-state index in [2.05, 4.69) is 18.7 Å². The number of benzene rings is 1. The van der Waals surface area contributed by atoms with Gasteiger partial charge in [0.15, 0.2) is 0 Å². The molecular weight excluding hydrogens is 328 g/mol. The molecule has 2 atom stereocenters. The van der Waals surface area contributed by atoms with Gasteiger partial charge in [-0.05, 0) is 42.8 Å². The van der Waals surface area contributed by atoms with Crippen molar-refractivity contribution in [3.05, 3.63) is 35.4 Å². The van der Waals surface area contributed by atoms with E-state index in [0.717, 1.165) is 5.56 Å². The van der Waals surface area contributed by atoms with Gasteiger partial charge in [0.2, 0.25) is 5.91 Å². The van der Waals surface area contributed by atoms with Gasteiger partial charge in [0.1, 0.15) is 6.61 Å². The van der Waals surface area contributed by atoms with Crippen LogP contribution in [0.2, 0.25) is 0 Å². The van der Waals surface area contributed by atoms with Gasteiger partial charge in [-0.2, -0.15) is 17.9 Å². The lowest BCUT2D eigenvalue weighted by Crippen LogP contribution is -2.43. The highest BCUT2D eigenvalue weighted by Gasteiger charge is 2.39. The number of carbonyl (C=O) groups is 1. The summed E-state index contributed by atoms with van der Waals surface area (Å²) in [5, 5.41) is 9.12. The Balaban J connectivity index is 2.17. The third-order valence-corrected chi connectivity index (χ3v) is 4.81. The Bertz CT molecular complexity index is 648. The third kappa shape index (κ3) is 3.85. The molecule has 0 spiro atoms. The van der Waals surface area contributed by atoms with Crippen molar-refractivity contribution < 1.29 is 9.53 Å². The van der Waals surface area contributed by atoms with Crippen LogP contribution in [0.3, 0.4) is 0 Å². The van der Waals surface area contributed by atoms with Crippen molar-refractivity contribution in [3.8, 4) is 6.07 Å². The Morgan fingerprint density at radius 3 is 2.65 bits per heavy atom. The normalized spacial score (nSPS) is 20.1. The second kappa shape index (κ2) is 6.90. The summed E-state index contributed by atoms with van der Waals surface area (Å²) in [6, 6.07) is 9.18. The van der Waals surface area contributed by atoms with Crippen LogP contribution < -0.4 is 0 Å². The molecule has 0 aromatic heterocycles. The smallest absolute Gasteiger partial charge is 0.266 e. The molecule has 23 heavy (non-hydrogen) atoms. The molecule has 0 unspecified atom stereocenters. The molecular formula is C17H20N2O2S2. The molecule has 0 radical (unpaired) electrons. The molecule has 0 N–H and O–H groups in total. The van der Waals surface area contributed by atoms with E-state index in [0.29, 0.717) is 12.2 Å². The van der Waals surface area contributed by atoms with Gasteiger partial charge < -0.3 is 4.74 Å². The molecule has 2 rings (SSSR count). The van der Waals surface area contributed by atoms with Crippen LogP contribution in [0.4, 0.5) is 0 Å². The van der Waals surface area contributed by atoms with Gasteiger partial charge in [-0.3, -0.25) is 9.69 Å². The summed E-state index contributed by atoms with van der Waals surface area (Å²) >= 11 is 9.84. The summed E-state index contributed by atoms with van der Waals surface area (Å²) in [4.78, 5) is 14.3. The lowest BCUT2D eigenvalue weighted by Gasteiger charge is -2.29. The van der Waals surface area contributed by atoms with Crippen LogP contribution in [0.1, 0.15) is 38.3 Å². The fourth-order valence-corrected chi connectivity index (χ4v) is 3.19. The maximum atomic E-state index is 12.7. The molecule has 0 bridgehead atoms. The van der Waals surface area contributed by atoms with Crippen LogP contribution in [0.25, 0.3) is 0 Å². The standard InChI is InChI=1S/C17H20N2O2S2/c1-11(2)14-10-21-16(22)19(14)15(20)8-17(3,23)13-6-4-12(9-18)5-7-13/h4-7,11,14,23H,8,10H2,1-3H3/t14-,17+/m1/s1. The molecule has 1 aliphatic rings. The molecule has 1 aromatic carbocycles. The molecule has 1 heterocycles. The Morgan fingerprint density at radius 2 is 2.13 bits per heavy atom. The van der Waals surface area contributed by atoms with Crippen molar-refractivity contribution in [3.63, 3.8) is 0 Å². The van der Waals surface area contributed by atoms with Crippen molar-refractivity contribution in [2.75, 3.05) is 6.61 Å². The summed E-state index contributed by atoms with van der Waals surface area (Å²) in [5.41, 5.74) is 1.47. The molecule has 1 fully saturated rings. The van der Waals surface area contributed by atoms with Crippen LogP contribution >= 0.6 is 24.8 Å². The van der Waals surface area contributed by atoms with Crippen molar-refractivity contribution in [1.82, 2.24) is 4.90 Å². The second-order valence-corrected chi connectivity index (χ2v) is 7.63. The predicted molar refractivity (Wildman–Crippen MR) is 96.1 cm³/mol. The third-order valence-electron chi connectivity index (χ3n) is 4.08. The monoisotopic (exact) mass is 348 g/mol. The first-order valence-electron chi connectivity index (χ1n) is 7.48. The number of hydrogen-bond acceptors (Lipinski definition) is 5. The van der Waals surface area contributed by atoms with Gasteiger partial charge in [-0.25, -0.2) is 0 Å². The van der Waals surface area contributed by atoms with E-state index in [4.69, 9.17) is 22.2 Å². The molecule has 1 aromatic rings. The molecule has 6 heteroatoms. The van der Waals surface area contributed by atoms with E-state index in [1.54, 1.807) is 17.0 Å². The van der Waals surface area contributed by atoms with Crippen LogP contribution in [-0.2, 0) is 14.3 Å². The summed E-state index contributed by atoms with van der Waals surface area (Å²) in [6.45, 7) is 6.42. The van der Waals surface area contributed by atoms with E-state index in [-0.39, 0.29) is 29.5 Å². The fraction of sp³-hybridized carbons (Fsp3) is 0.471. The Morgan fingerprint density at radius 1 is 1.52 bits per heavy atom. The second-order valence-electron chi connectivity index (χ2n) is 6.29. The van der Waals surface area contributed by atoms with Crippen LogP contribution in [0.15, 0.2) is 24.3 Å². The number of thiocarbonyl (C=S) groups is 1. The van der Waals surface area contributed by atoms with E-state index >= 15 is 0 Å². The highest BCUT2D eigenvalue weighted by molar-refractivity contribution is 7.81. The summed E-state index contributed by atoms with van der Waals surface area (Å²) < 4.78 is 4.74. The Kier molecular flexibility index (Phi) is 5.33. The maximum absolute atomic E-state index is 12.7. The van der Waals surface area contributed by atoms with Crippen LogP contribution in [-0.4, -0.2) is 28.6 Å². The zero-order valence-electron chi connectivity index (χ0n) is 13.4. The first-order valence-corrected chi connectivity index (χ1v) is 8.33. The van der Waals surface area contributed by atoms with E-state index in [1.165, 1.54) is 0 Å². The van der Waals surface area contributed by atoms with Gasteiger partial charge >= 0.3 is 0 Å². The first-order chi connectivity index (χ1) is 10.8. The average Bonchev–Trinajstić information content (AvgIpc) is 2.89. The minimum absolute atomic E-state index is 0.0277. The minimum Gasteiger partial charge on any atom is -0.468 e. The molecule has 0 aliphatic carbocycles. The number of amides is 1. The Labute approximate surface area is 147 Å². The number of rotatable bonds is 4. The number of nitrogens with zero attached hydrogens (tertiary/aromatic N) is 2. The van der Waals surface area contributed by atoms with Crippen molar-refractivity contribution in [2.45, 2.75) is 38.0 Å². The molecule has 122 valence electrons. The van der Waals surface area contributed by atoms with Gasteiger partial charge in [0.05, 0.1) is 17.7 Å². The zero-order chi connectivity index (χ0) is 17.2. The minimum atomic E-state index is -0.648. The first kappa shape index (κ1) is 17.8. The van der Waals surface area contributed by atoms with Crippen LogP contribution in [0.5, 0.6) is 0 Å². The largest absolute Gasteiger partial charge is 0.468 e. The van der Waals surface area contributed by atoms with E-state index in [9.17, 15) is 4.79 Å². The van der Waals surface area contributed by atoms with Gasteiger partial charge in [0.25, 0.3) is 5.17 Å². The zero-order valence-corrected chi connectivity index (χ0v) is 15.2. The summed E-state index contributed by atoms with van der Waals surface area (Å²) in [6.07, 6.45) is 0.203. The number of hydrogen-bond donors (Lipinski definition) is 1. The maximum Gasteiger partial charge on any atom is 0.266 e. The van der Waals surface area contributed by atoms with Gasteiger partial charge in [-0.15, -0.1) is 0 Å². The number of ether oxygens (including phenoxy) is 1. The average molecular weight is 348 g/mol. The highest BCUT2D eigenvalue weighted by atomic mass is 32.1.